The monoisotopic (exact) mass is 322 g/mol. The molecule has 3 rings (SSSR count). The molecular weight excluding hydrogens is 292 g/mol. The summed E-state index contributed by atoms with van der Waals surface area (Å²) < 4.78 is 0. The standard InChI is InChI=1S/C17H30N4O2/c1-13(2)16(22)21-8-3-4-15(21)17(23)20-9-5-14(12-20)19-10-6-18-7-11-19/h13-15,18H,3-12H2,1-2H3. The van der Waals surface area contributed by atoms with Crippen LogP contribution < -0.4 is 5.32 Å². The molecule has 2 unspecified atom stereocenters. The van der Waals surface area contributed by atoms with Gasteiger partial charge in [0, 0.05) is 57.8 Å². The van der Waals surface area contributed by atoms with Crippen molar-refractivity contribution in [3.05, 3.63) is 0 Å². The summed E-state index contributed by atoms with van der Waals surface area (Å²) in [5, 5.41) is 3.38. The van der Waals surface area contributed by atoms with Crippen molar-refractivity contribution < 1.29 is 9.59 Å². The molecule has 130 valence electrons. The van der Waals surface area contributed by atoms with E-state index in [0.717, 1.165) is 65.1 Å². The summed E-state index contributed by atoms with van der Waals surface area (Å²) in [4.78, 5) is 31.6. The Morgan fingerprint density at radius 3 is 2.48 bits per heavy atom. The summed E-state index contributed by atoms with van der Waals surface area (Å²) in [6.07, 6.45) is 2.84. The second kappa shape index (κ2) is 7.18. The van der Waals surface area contributed by atoms with Gasteiger partial charge in [-0.05, 0) is 19.3 Å². The summed E-state index contributed by atoms with van der Waals surface area (Å²) in [7, 11) is 0. The number of rotatable bonds is 3. The average Bonchev–Trinajstić information content (AvgIpc) is 3.23. The topological polar surface area (TPSA) is 55.9 Å². The van der Waals surface area contributed by atoms with Gasteiger partial charge in [-0.2, -0.15) is 0 Å². The first-order valence-corrected chi connectivity index (χ1v) is 9.12. The van der Waals surface area contributed by atoms with E-state index in [1.54, 1.807) is 0 Å². The average molecular weight is 322 g/mol. The molecule has 3 aliphatic rings. The number of likely N-dealkylation sites (tertiary alicyclic amines) is 2. The van der Waals surface area contributed by atoms with Crippen LogP contribution in [0.2, 0.25) is 0 Å². The van der Waals surface area contributed by atoms with Gasteiger partial charge in [0.1, 0.15) is 6.04 Å². The lowest BCUT2D eigenvalue weighted by molar-refractivity contribution is -0.145. The van der Waals surface area contributed by atoms with Gasteiger partial charge in [-0.15, -0.1) is 0 Å². The number of nitrogens with one attached hydrogen (secondary N) is 1. The second-order valence-corrected chi connectivity index (χ2v) is 7.36. The van der Waals surface area contributed by atoms with E-state index in [4.69, 9.17) is 0 Å². The van der Waals surface area contributed by atoms with Crippen LogP contribution in [0.3, 0.4) is 0 Å². The third kappa shape index (κ3) is 3.53. The molecular formula is C17H30N4O2. The van der Waals surface area contributed by atoms with Gasteiger partial charge in [0.25, 0.3) is 0 Å². The van der Waals surface area contributed by atoms with E-state index in [9.17, 15) is 9.59 Å². The van der Waals surface area contributed by atoms with Crippen LogP contribution in [0.15, 0.2) is 0 Å². The summed E-state index contributed by atoms with van der Waals surface area (Å²) >= 11 is 0. The van der Waals surface area contributed by atoms with E-state index in [1.165, 1.54) is 0 Å². The molecule has 2 atom stereocenters. The molecule has 3 fully saturated rings. The number of piperazine rings is 1. The molecule has 3 aliphatic heterocycles. The largest absolute Gasteiger partial charge is 0.339 e. The molecule has 23 heavy (non-hydrogen) atoms. The molecule has 6 nitrogen and oxygen atoms in total. The summed E-state index contributed by atoms with van der Waals surface area (Å²) in [5.74, 6) is 0.267. The number of carbonyl (C=O) groups excluding carboxylic acids is 2. The minimum absolute atomic E-state index is 0.0319. The van der Waals surface area contributed by atoms with E-state index >= 15 is 0 Å². The van der Waals surface area contributed by atoms with E-state index in [1.807, 2.05) is 23.6 Å². The smallest absolute Gasteiger partial charge is 0.245 e. The molecule has 0 radical (unpaired) electrons. The molecule has 0 bridgehead atoms. The SMILES string of the molecule is CC(C)C(=O)N1CCCC1C(=O)N1CCC(N2CCNCC2)C1. The first-order chi connectivity index (χ1) is 11.1. The molecule has 0 saturated carbocycles. The first kappa shape index (κ1) is 16.7. The molecule has 2 amide bonds. The van der Waals surface area contributed by atoms with Crippen molar-refractivity contribution in [1.82, 2.24) is 20.0 Å². The third-order valence-corrected chi connectivity index (χ3v) is 5.46. The normalized spacial score (nSPS) is 29.5. The van der Waals surface area contributed by atoms with Crippen LogP contribution in [0.25, 0.3) is 0 Å². The summed E-state index contributed by atoms with van der Waals surface area (Å²) in [5.41, 5.74) is 0. The lowest BCUT2D eigenvalue weighted by Crippen LogP contribution is -2.51. The molecule has 3 heterocycles. The first-order valence-electron chi connectivity index (χ1n) is 9.12. The van der Waals surface area contributed by atoms with Crippen molar-refractivity contribution in [3.63, 3.8) is 0 Å². The van der Waals surface area contributed by atoms with Crippen molar-refractivity contribution in [2.24, 2.45) is 5.92 Å². The molecule has 1 N–H and O–H groups in total. The van der Waals surface area contributed by atoms with Gasteiger partial charge in [0.2, 0.25) is 11.8 Å². The van der Waals surface area contributed by atoms with Gasteiger partial charge in [0.15, 0.2) is 0 Å². The molecule has 3 saturated heterocycles. The van der Waals surface area contributed by atoms with Crippen LogP contribution in [0, 0.1) is 5.92 Å². The third-order valence-electron chi connectivity index (χ3n) is 5.46. The van der Waals surface area contributed by atoms with Crippen LogP contribution in [-0.2, 0) is 9.59 Å². The Morgan fingerprint density at radius 2 is 1.78 bits per heavy atom. The van der Waals surface area contributed by atoms with Crippen molar-refractivity contribution in [1.29, 1.82) is 0 Å². The summed E-state index contributed by atoms with van der Waals surface area (Å²) in [6.45, 7) is 10.5. The molecule has 0 aromatic rings. The quantitative estimate of drug-likeness (QED) is 0.803. The highest BCUT2D eigenvalue weighted by Gasteiger charge is 2.40. The van der Waals surface area contributed by atoms with Gasteiger partial charge in [-0.25, -0.2) is 0 Å². The maximum Gasteiger partial charge on any atom is 0.245 e. The second-order valence-electron chi connectivity index (χ2n) is 7.36. The fourth-order valence-electron chi connectivity index (χ4n) is 4.12. The van der Waals surface area contributed by atoms with Gasteiger partial charge in [-0.3, -0.25) is 14.5 Å². The summed E-state index contributed by atoms with van der Waals surface area (Å²) in [6, 6.07) is 0.281. The van der Waals surface area contributed by atoms with Gasteiger partial charge in [0.05, 0.1) is 0 Å². The predicted molar refractivity (Wildman–Crippen MR) is 89.0 cm³/mol. The zero-order valence-electron chi connectivity index (χ0n) is 14.5. The molecule has 0 aromatic carbocycles. The lowest BCUT2D eigenvalue weighted by Gasteiger charge is -2.33. The van der Waals surface area contributed by atoms with Crippen LogP contribution in [-0.4, -0.2) is 84.4 Å². The number of carbonyl (C=O) groups is 2. The van der Waals surface area contributed by atoms with Gasteiger partial charge in [-0.1, -0.05) is 13.8 Å². The van der Waals surface area contributed by atoms with Crippen molar-refractivity contribution >= 4 is 11.8 Å². The minimum Gasteiger partial charge on any atom is -0.339 e. The molecule has 6 heteroatoms. The predicted octanol–water partition coefficient (Wildman–Crippen LogP) is 0.140. The fraction of sp³-hybridized carbons (Fsp3) is 0.882. The minimum atomic E-state index is -0.216. The maximum absolute atomic E-state index is 12.9. The van der Waals surface area contributed by atoms with Gasteiger partial charge < -0.3 is 15.1 Å². The van der Waals surface area contributed by atoms with E-state index < -0.39 is 0 Å². The van der Waals surface area contributed by atoms with Crippen LogP contribution in [0.4, 0.5) is 0 Å². The fourth-order valence-corrected chi connectivity index (χ4v) is 4.12. The van der Waals surface area contributed by atoms with Crippen LogP contribution >= 0.6 is 0 Å². The number of hydrogen-bond acceptors (Lipinski definition) is 4. The lowest BCUT2D eigenvalue weighted by atomic mass is 10.1. The van der Waals surface area contributed by atoms with Crippen LogP contribution in [0.1, 0.15) is 33.1 Å². The highest BCUT2D eigenvalue weighted by molar-refractivity contribution is 5.89. The van der Waals surface area contributed by atoms with Crippen molar-refractivity contribution in [2.45, 2.75) is 45.2 Å². The van der Waals surface area contributed by atoms with Crippen molar-refractivity contribution in [3.8, 4) is 0 Å². The number of hydrogen-bond donors (Lipinski definition) is 1. The Balaban J connectivity index is 1.58. The highest BCUT2D eigenvalue weighted by atomic mass is 16.2. The Labute approximate surface area is 139 Å². The molecule has 0 aliphatic carbocycles. The Bertz CT molecular complexity index is 448. The van der Waals surface area contributed by atoms with E-state index in [-0.39, 0.29) is 23.8 Å². The van der Waals surface area contributed by atoms with E-state index in [2.05, 4.69) is 10.2 Å². The zero-order chi connectivity index (χ0) is 16.4. The van der Waals surface area contributed by atoms with Crippen molar-refractivity contribution in [2.75, 3.05) is 45.8 Å². The Kier molecular flexibility index (Phi) is 5.21. The molecule has 0 aromatic heterocycles. The number of nitrogens with zero attached hydrogens (tertiary/aromatic N) is 3. The highest BCUT2D eigenvalue weighted by Crippen LogP contribution is 2.24. The van der Waals surface area contributed by atoms with E-state index in [0.29, 0.717) is 6.04 Å². The zero-order valence-corrected chi connectivity index (χ0v) is 14.5. The van der Waals surface area contributed by atoms with Gasteiger partial charge >= 0.3 is 0 Å². The maximum atomic E-state index is 12.9. The Morgan fingerprint density at radius 1 is 1.04 bits per heavy atom. The van der Waals surface area contributed by atoms with Crippen LogP contribution in [0.5, 0.6) is 0 Å². The Hall–Kier alpha value is -1.14. The molecule has 0 spiro atoms. The number of amides is 2.